The second kappa shape index (κ2) is 8.69. The first-order chi connectivity index (χ1) is 14.2. The zero-order chi connectivity index (χ0) is 20.2. The Morgan fingerprint density at radius 1 is 1.21 bits per heavy atom. The van der Waals surface area contributed by atoms with Crippen molar-refractivity contribution in [1.29, 1.82) is 0 Å². The van der Waals surface area contributed by atoms with E-state index in [1.807, 2.05) is 30.5 Å². The van der Waals surface area contributed by atoms with Crippen molar-refractivity contribution >= 4 is 11.8 Å². The van der Waals surface area contributed by atoms with Gasteiger partial charge >= 0.3 is 6.03 Å². The van der Waals surface area contributed by atoms with Gasteiger partial charge < -0.3 is 25.2 Å². The van der Waals surface area contributed by atoms with Gasteiger partial charge in [-0.05, 0) is 43.1 Å². The second-order valence-corrected chi connectivity index (χ2v) is 7.72. The molecule has 1 atom stereocenters. The van der Waals surface area contributed by atoms with E-state index in [9.17, 15) is 4.79 Å². The number of benzene rings is 1. The molecule has 1 aliphatic carbocycles. The normalized spacial score (nSPS) is 19.0. The van der Waals surface area contributed by atoms with Crippen LogP contribution in [0.25, 0.3) is 0 Å². The first-order valence-corrected chi connectivity index (χ1v) is 10.2. The number of fused-ring (bicyclic) bond motifs is 1. The van der Waals surface area contributed by atoms with E-state index in [4.69, 9.17) is 4.74 Å². The van der Waals surface area contributed by atoms with Gasteiger partial charge in [0.15, 0.2) is 0 Å². The average molecular weight is 396 g/mol. The Labute approximate surface area is 172 Å². The number of aromatic nitrogens is 1. The first kappa shape index (κ1) is 19.5. The fourth-order valence-corrected chi connectivity index (χ4v) is 4.22. The van der Waals surface area contributed by atoms with Crippen LogP contribution < -0.4 is 20.3 Å². The first-order valence-electron chi connectivity index (χ1n) is 10.2. The summed E-state index contributed by atoms with van der Waals surface area (Å²) in [5.41, 5.74) is 3.39. The van der Waals surface area contributed by atoms with E-state index in [1.54, 1.807) is 7.11 Å². The highest BCUT2D eigenvalue weighted by atomic mass is 16.5. The van der Waals surface area contributed by atoms with E-state index in [0.29, 0.717) is 6.54 Å². The number of methoxy groups -OCH3 is 1. The number of amides is 2. The Kier molecular flexibility index (Phi) is 5.85. The van der Waals surface area contributed by atoms with Crippen molar-refractivity contribution in [3.8, 4) is 5.75 Å². The number of pyridine rings is 1. The molecule has 154 valence electrons. The smallest absolute Gasteiger partial charge is 0.315 e. The van der Waals surface area contributed by atoms with Crippen LogP contribution in [0.4, 0.5) is 10.6 Å². The lowest BCUT2D eigenvalue weighted by atomic mass is 10.1. The number of nitrogens with zero attached hydrogens (tertiary/aromatic N) is 3. The van der Waals surface area contributed by atoms with E-state index in [2.05, 4.69) is 38.5 Å². The Morgan fingerprint density at radius 2 is 2.03 bits per heavy atom. The Balaban J connectivity index is 1.37. The number of nitrogens with one attached hydrogen (secondary N) is 2. The van der Waals surface area contributed by atoms with Gasteiger partial charge in [-0.1, -0.05) is 18.2 Å². The third kappa shape index (κ3) is 4.29. The number of piperazine rings is 1. The molecule has 1 unspecified atom stereocenters. The Morgan fingerprint density at radius 3 is 2.83 bits per heavy atom. The van der Waals surface area contributed by atoms with Gasteiger partial charge in [-0.25, -0.2) is 9.78 Å². The minimum absolute atomic E-state index is 0.0195. The molecule has 7 heteroatoms. The highest BCUT2D eigenvalue weighted by molar-refractivity contribution is 5.75. The molecule has 0 radical (unpaired) electrons. The molecule has 7 nitrogen and oxygen atoms in total. The standard InChI is InChI=1S/C22H29N5O2/c1-26-11-13-27(14-12-26)21-16(5-4-10-23-21)15-24-22(28)25-19-9-8-18-17(19)6-3-7-20(18)29-2/h3-7,10,19H,8-9,11-15H2,1-2H3,(H2,24,25,28). The second-order valence-electron chi connectivity index (χ2n) is 7.72. The monoisotopic (exact) mass is 395 g/mol. The van der Waals surface area contributed by atoms with Gasteiger partial charge in [-0.2, -0.15) is 0 Å². The van der Waals surface area contributed by atoms with Crippen molar-refractivity contribution in [2.75, 3.05) is 45.2 Å². The van der Waals surface area contributed by atoms with Gasteiger partial charge in [0.2, 0.25) is 0 Å². The van der Waals surface area contributed by atoms with Crippen LogP contribution in [-0.2, 0) is 13.0 Å². The number of hydrogen-bond donors (Lipinski definition) is 2. The van der Waals surface area contributed by atoms with Crippen LogP contribution in [0.15, 0.2) is 36.5 Å². The molecule has 2 aliphatic rings. The summed E-state index contributed by atoms with van der Waals surface area (Å²) in [5.74, 6) is 1.87. The predicted molar refractivity (Wildman–Crippen MR) is 113 cm³/mol. The van der Waals surface area contributed by atoms with Gasteiger partial charge in [0.25, 0.3) is 0 Å². The van der Waals surface area contributed by atoms with Crippen molar-refractivity contribution < 1.29 is 9.53 Å². The molecular formula is C22H29N5O2. The molecule has 2 aromatic rings. The fourth-order valence-electron chi connectivity index (χ4n) is 4.22. The molecule has 2 amide bonds. The summed E-state index contributed by atoms with van der Waals surface area (Å²) in [5, 5.41) is 6.13. The summed E-state index contributed by atoms with van der Waals surface area (Å²) in [6.07, 6.45) is 3.63. The quantitative estimate of drug-likeness (QED) is 0.813. The van der Waals surface area contributed by atoms with Crippen molar-refractivity contribution in [2.45, 2.75) is 25.4 Å². The van der Waals surface area contributed by atoms with Crippen molar-refractivity contribution in [2.24, 2.45) is 0 Å². The van der Waals surface area contributed by atoms with Crippen LogP contribution >= 0.6 is 0 Å². The molecular weight excluding hydrogens is 366 g/mol. The van der Waals surface area contributed by atoms with Crippen LogP contribution in [0.1, 0.15) is 29.2 Å². The van der Waals surface area contributed by atoms with E-state index < -0.39 is 0 Å². The zero-order valence-corrected chi connectivity index (χ0v) is 17.1. The number of ether oxygens (including phenoxy) is 1. The molecule has 1 fully saturated rings. The average Bonchev–Trinajstić information content (AvgIpc) is 3.16. The number of carbonyl (C=O) groups excluding carboxylic acids is 1. The SMILES string of the molecule is COc1cccc2c1CCC2NC(=O)NCc1cccnc1N1CCN(C)CC1. The van der Waals surface area contributed by atoms with Crippen molar-refractivity contribution in [3.63, 3.8) is 0 Å². The highest BCUT2D eigenvalue weighted by Crippen LogP contribution is 2.36. The van der Waals surface area contributed by atoms with Crippen LogP contribution in [0.2, 0.25) is 0 Å². The maximum Gasteiger partial charge on any atom is 0.315 e. The summed E-state index contributed by atoms with van der Waals surface area (Å²) < 4.78 is 5.45. The van der Waals surface area contributed by atoms with Gasteiger partial charge in [0.1, 0.15) is 11.6 Å². The Hall–Kier alpha value is -2.80. The summed E-state index contributed by atoms with van der Waals surface area (Å²) in [6.45, 7) is 4.41. The molecule has 0 spiro atoms. The molecule has 4 rings (SSSR count). The summed E-state index contributed by atoms with van der Waals surface area (Å²) in [6, 6.07) is 9.86. The topological polar surface area (TPSA) is 69.7 Å². The number of rotatable bonds is 5. The lowest BCUT2D eigenvalue weighted by molar-refractivity contribution is 0.236. The van der Waals surface area contributed by atoms with E-state index in [-0.39, 0.29) is 12.1 Å². The van der Waals surface area contributed by atoms with E-state index >= 15 is 0 Å². The molecule has 1 aromatic carbocycles. The van der Waals surface area contributed by atoms with Crippen molar-refractivity contribution in [3.05, 3.63) is 53.2 Å². The fraction of sp³-hybridized carbons (Fsp3) is 0.455. The molecule has 2 N–H and O–H groups in total. The Bertz CT molecular complexity index is 864. The van der Waals surface area contributed by atoms with Crippen LogP contribution in [0.5, 0.6) is 5.75 Å². The minimum atomic E-state index is -0.154. The van der Waals surface area contributed by atoms with Gasteiger partial charge in [0.05, 0.1) is 13.2 Å². The summed E-state index contributed by atoms with van der Waals surface area (Å²) >= 11 is 0. The lowest BCUT2D eigenvalue weighted by Gasteiger charge is -2.34. The van der Waals surface area contributed by atoms with E-state index in [0.717, 1.165) is 61.7 Å². The molecule has 1 aromatic heterocycles. The zero-order valence-electron chi connectivity index (χ0n) is 17.1. The summed E-state index contributed by atoms with van der Waals surface area (Å²) in [4.78, 5) is 21.8. The van der Waals surface area contributed by atoms with Gasteiger partial charge in [-0.3, -0.25) is 0 Å². The van der Waals surface area contributed by atoms with Crippen LogP contribution in [0, 0.1) is 0 Å². The van der Waals surface area contributed by atoms with Gasteiger partial charge in [0, 0.05) is 44.5 Å². The number of carbonyl (C=O) groups is 1. The molecule has 0 saturated carbocycles. The van der Waals surface area contributed by atoms with Crippen LogP contribution in [-0.4, -0.2) is 56.3 Å². The third-order valence-electron chi connectivity index (χ3n) is 5.86. The minimum Gasteiger partial charge on any atom is -0.496 e. The molecule has 1 saturated heterocycles. The number of likely N-dealkylation sites (N-methyl/N-ethyl adjacent to an activating group) is 1. The lowest BCUT2D eigenvalue weighted by Crippen LogP contribution is -2.45. The van der Waals surface area contributed by atoms with Crippen LogP contribution in [0.3, 0.4) is 0 Å². The van der Waals surface area contributed by atoms with Crippen molar-refractivity contribution in [1.82, 2.24) is 20.5 Å². The van der Waals surface area contributed by atoms with E-state index in [1.165, 1.54) is 5.56 Å². The third-order valence-corrected chi connectivity index (χ3v) is 5.86. The van der Waals surface area contributed by atoms with Gasteiger partial charge in [-0.15, -0.1) is 0 Å². The highest BCUT2D eigenvalue weighted by Gasteiger charge is 2.26. The largest absolute Gasteiger partial charge is 0.496 e. The molecule has 1 aliphatic heterocycles. The maximum absolute atomic E-state index is 12.6. The predicted octanol–water partition coefficient (Wildman–Crippen LogP) is 2.33. The summed E-state index contributed by atoms with van der Waals surface area (Å²) in [7, 11) is 3.83. The number of hydrogen-bond acceptors (Lipinski definition) is 5. The molecule has 0 bridgehead atoms. The number of anilines is 1. The molecule has 2 heterocycles. The number of urea groups is 1. The molecule has 29 heavy (non-hydrogen) atoms. The maximum atomic E-state index is 12.6.